The first-order valence-electron chi connectivity index (χ1n) is 11.2. The first-order valence-corrected chi connectivity index (χ1v) is 11.2. The van der Waals surface area contributed by atoms with Gasteiger partial charge in [-0.25, -0.2) is 0 Å². The van der Waals surface area contributed by atoms with E-state index in [4.69, 9.17) is 4.74 Å². The molecule has 5 heteroatoms. The van der Waals surface area contributed by atoms with Crippen LogP contribution in [-0.4, -0.2) is 38.7 Å². The Morgan fingerprint density at radius 2 is 1.97 bits per heavy atom. The van der Waals surface area contributed by atoms with Crippen molar-refractivity contribution in [2.75, 3.05) is 37.0 Å². The number of rotatable bonds is 5. The van der Waals surface area contributed by atoms with Gasteiger partial charge in [0, 0.05) is 48.9 Å². The zero-order valence-electron chi connectivity index (χ0n) is 17.9. The Morgan fingerprint density at radius 1 is 1.06 bits per heavy atom. The molecule has 1 fully saturated rings. The van der Waals surface area contributed by atoms with Gasteiger partial charge < -0.3 is 20.3 Å². The summed E-state index contributed by atoms with van der Waals surface area (Å²) in [6.07, 6.45) is 2.61. The van der Waals surface area contributed by atoms with Gasteiger partial charge in [0.2, 0.25) is 5.91 Å². The molecule has 3 aromatic rings. The zero-order valence-corrected chi connectivity index (χ0v) is 17.9. The molecule has 31 heavy (non-hydrogen) atoms. The summed E-state index contributed by atoms with van der Waals surface area (Å²) >= 11 is 0. The minimum atomic E-state index is 0.128. The predicted molar refractivity (Wildman–Crippen MR) is 126 cm³/mol. The second kappa shape index (κ2) is 8.60. The molecule has 2 aliphatic rings. The van der Waals surface area contributed by atoms with Crippen molar-refractivity contribution >= 4 is 28.1 Å². The van der Waals surface area contributed by atoms with Crippen LogP contribution >= 0.6 is 0 Å². The van der Waals surface area contributed by atoms with Gasteiger partial charge in [-0.2, -0.15) is 0 Å². The Balaban J connectivity index is 1.40. The van der Waals surface area contributed by atoms with Gasteiger partial charge in [0.15, 0.2) is 0 Å². The Hall–Kier alpha value is -3.05. The third-order valence-electron chi connectivity index (χ3n) is 6.68. The van der Waals surface area contributed by atoms with Crippen molar-refractivity contribution in [2.24, 2.45) is 0 Å². The van der Waals surface area contributed by atoms with Crippen LogP contribution < -0.4 is 20.3 Å². The summed E-state index contributed by atoms with van der Waals surface area (Å²) in [5.41, 5.74) is 3.51. The summed E-state index contributed by atoms with van der Waals surface area (Å²) in [6, 6.07) is 21.4. The van der Waals surface area contributed by atoms with E-state index in [9.17, 15) is 4.79 Å². The van der Waals surface area contributed by atoms with Crippen LogP contribution in [0.25, 0.3) is 10.8 Å². The van der Waals surface area contributed by atoms with Crippen LogP contribution in [0.2, 0.25) is 0 Å². The molecule has 1 saturated heterocycles. The normalized spacial score (nSPS) is 20.9. The third-order valence-corrected chi connectivity index (χ3v) is 6.68. The predicted octanol–water partition coefficient (Wildman–Crippen LogP) is 4.53. The zero-order chi connectivity index (χ0) is 21.2. The second-order valence-electron chi connectivity index (χ2n) is 8.53. The number of para-hydroxylation sites is 1. The van der Waals surface area contributed by atoms with Crippen LogP contribution in [-0.2, 0) is 4.79 Å². The standard InChI is InChI=1S/C26H29N3O2/c1-31-21-12-10-18-5-4-8-25(23(18)16-21)29-14-13-27-17-20(29)11-9-19-15-26(30)28-24-7-3-2-6-22(19)24/h2-8,10,12,16,19-20,27H,9,11,13-15,17H2,1H3,(H,28,30). The highest BCUT2D eigenvalue weighted by Crippen LogP contribution is 2.37. The number of carbonyl (C=O) groups excluding carboxylic acids is 1. The fraction of sp³-hybridized carbons (Fsp3) is 0.346. The van der Waals surface area contributed by atoms with Crippen LogP contribution in [0.5, 0.6) is 5.75 Å². The number of nitrogens with zero attached hydrogens (tertiary/aromatic N) is 1. The average Bonchev–Trinajstić information content (AvgIpc) is 2.82. The monoisotopic (exact) mass is 415 g/mol. The number of carbonyl (C=O) groups is 1. The molecule has 2 atom stereocenters. The Kier molecular flexibility index (Phi) is 5.51. The van der Waals surface area contributed by atoms with Gasteiger partial charge >= 0.3 is 0 Å². The SMILES string of the molecule is COc1ccc2cccc(N3CCNCC3CCC3CC(=O)Nc4ccccc43)c2c1. The number of fused-ring (bicyclic) bond motifs is 2. The van der Waals surface area contributed by atoms with Gasteiger partial charge in [-0.3, -0.25) is 4.79 Å². The molecule has 5 nitrogen and oxygen atoms in total. The van der Waals surface area contributed by atoms with E-state index in [0.717, 1.165) is 43.9 Å². The fourth-order valence-corrected chi connectivity index (χ4v) is 5.10. The molecule has 2 N–H and O–H groups in total. The smallest absolute Gasteiger partial charge is 0.224 e. The number of hydrogen-bond donors (Lipinski definition) is 2. The number of amides is 1. The van der Waals surface area contributed by atoms with Crippen LogP contribution in [0.4, 0.5) is 11.4 Å². The average molecular weight is 416 g/mol. The van der Waals surface area contributed by atoms with E-state index in [-0.39, 0.29) is 11.8 Å². The molecule has 2 aliphatic heterocycles. The van der Waals surface area contributed by atoms with Crippen molar-refractivity contribution in [3.8, 4) is 5.75 Å². The highest BCUT2D eigenvalue weighted by atomic mass is 16.5. The molecular weight excluding hydrogens is 386 g/mol. The Labute approximate surface area is 183 Å². The van der Waals surface area contributed by atoms with E-state index in [1.807, 2.05) is 18.2 Å². The molecule has 2 unspecified atom stereocenters. The van der Waals surface area contributed by atoms with Crippen molar-refractivity contribution < 1.29 is 9.53 Å². The van der Waals surface area contributed by atoms with E-state index in [2.05, 4.69) is 58.0 Å². The first-order chi connectivity index (χ1) is 15.2. The van der Waals surface area contributed by atoms with Gasteiger partial charge in [-0.05, 0) is 54.0 Å². The maximum Gasteiger partial charge on any atom is 0.224 e. The van der Waals surface area contributed by atoms with E-state index in [1.165, 1.54) is 22.0 Å². The Bertz CT molecular complexity index is 1100. The van der Waals surface area contributed by atoms with Gasteiger partial charge in [0.05, 0.1) is 7.11 Å². The molecular formula is C26H29N3O2. The number of piperazine rings is 1. The lowest BCUT2D eigenvalue weighted by molar-refractivity contribution is -0.116. The van der Waals surface area contributed by atoms with Crippen LogP contribution in [0.1, 0.15) is 30.7 Å². The summed E-state index contributed by atoms with van der Waals surface area (Å²) in [7, 11) is 1.72. The fourth-order valence-electron chi connectivity index (χ4n) is 5.10. The van der Waals surface area contributed by atoms with Crippen LogP contribution in [0, 0.1) is 0 Å². The van der Waals surface area contributed by atoms with Crippen LogP contribution in [0.15, 0.2) is 60.7 Å². The molecule has 3 aromatic carbocycles. The highest BCUT2D eigenvalue weighted by molar-refractivity contribution is 5.96. The lowest BCUT2D eigenvalue weighted by atomic mass is 9.85. The molecule has 1 amide bonds. The number of hydrogen-bond acceptors (Lipinski definition) is 4. The van der Waals surface area contributed by atoms with Crippen molar-refractivity contribution in [2.45, 2.75) is 31.2 Å². The van der Waals surface area contributed by atoms with E-state index < -0.39 is 0 Å². The maximum atomic E-state index is 12.2. The number of nitrogens with one attached hydrogen (secondary N) is 2. The summed E-state index contributed by atoms with van der Waals surface area (Å²) in [5.74, 6) is 1.29. The second-order valence-corrected chi connectivity index (χ2v) is 8.53. The van der Waals surface area contributed by atoms with E-state index in [1.54, 1.807) is 7.11 Å². The lowest BCUT2D eigenvalue weighted by Crippen LogP contribution is -2.51. The van der Waals surface area contributed by atoms with Gasteiger partial charge in [-0.15, -0.1) is 0 Å². The number of methoxy groups -OCH3 is 1. The molecule has 0 radical (unpaired) electrons. The summed E-state index contributed by atoms with van der Waals surface area (Å²) < 4.78 is 5.49. The molecule has 0 spiro atoms. The number of anilines is 2. The van der Waals surface area contributed by atoms with E-state index in [0.29, 0.717) is 12.5 Å². The topological polar surface area (TPSA) is 53.6 Å². The van der Waals surface area contributed by atoms with Crippen molar-refractivity contribution in [3.05, 3.63) is 66.2 Å². The third kappa shape index (κ3) is 3.98. The molecule has 0 aliphatic carbocycles. The summed E-state index contributed by atoms with van der Waals surface area (Å²) in [6.45, 7) is 2.91. The molecule has 5 rings (SSSR count). The van der Waals surface area contributed by atoms with Crippen molar-refractivity contribution in [1.82, 2.24) is 5.32 Å². The van der Waals surface area contributed by atoms with Crippen molar-refractivity contribution in [3.63, 3.8) is 0 Å². The number of ether oxygens (including phenoxy) is 1. The number of benzene rings is 3. The van der Waals surface area contributed by atoms with Crippen LogP contribution in [0.3, 0.4) is 0 Å². The largest absolute Gasteiger partial charge is 0.497 e. The quantitative estimate of drug-likeness (QED) is 0.643. The lowest BCUT2D eigenvalue weighted by Gasteiger charge is -2.39. The van der Waals surface area contributed by atoms with Gasteiger partial charge in [-0.1, -0.05) is 36.4 Å². The summed E-state index contributed by atoms with van der Waals surface area (Å²) in [4.78, 5) is 14.8. The summed E-state index contributed by atoms with van der Waals surface area (Å²) in [5, 5.41) is 9.06. The van der Waals surface area contributed by atoms with Gasteiger partial charge in [0.25, 0.3) is 0 Å². The minimum absolute atomic E-state index is 0.128. The highest BCUT2D eigenvalue weighted by Gasteiger charge is 2.28. The molecule has 0 aromatic heterocycles. The molecule has 0 saturated carbocycles. The Morgan fingerprint density at radius 3 is 2.87 bits per heavy atom. The van der Waals surface area contributed by atoms with Gasteiger partial charge in [0.1, 0.15) is 5.75 Å². The first kappa shape index (κ1) is 19.9. The molecule has 0 bridgehead atoms. The molecule has 160 valence electrons. The van der Waals surface area contributed by atoms with Crippen molar-refractivity contribution in [1.29, 1.82) is 0 Å². The maximum absolute atomic E-state index is 12.2. The van der Waals surface area contributed by atoms with E-state index >= 15 is 0 Å². The molecule has 2 heterocycles. The minimum Gasteiger partial charge on any atom is -0.497 e.